The second-order valence-corrected chi connectivity index (χ2v) is 7.36. The summed E-state index contributed by atoms with van der Waals surface area (Å²) >= 11 is 1.34. The van der Waals surface area contributed by atoms with Gasteiger partial charge < -0.3 is 10.4 Å². The first-order valence-electron chi connectivity index (χ1n) is 7.48. The molecule has 2 rings (SSSR count). The van der Waals surface area contributed by atoms with Crippen LogP contribution in [0.1, 0.15) is 40.5 Å². The number of aromatic nitrogens is 1. The summed E-state index contributed by atoms with van der Waals surface area (Å²) in [5.41, 5.74) is 0.809. The third kappa shape index (κ3) is 5.41. The van der Waals surface area contributed by atoms with Crippen LogP contribution in [0, 0.1) is 11.2 Å². The number of hydrogen-bond donors (Lipinski definition) is 2. The highest BCUT2D eigenvalue weighted by Crippen LogP contribution is 2.20. The molecule has 2 N–H and O–H groups in total. The van der Waals surface area contributed by atoms with Crippen LogP contribution in [-0.4, -0.2) is 29.1 Å². The number of nitrogens with zero attached hydrogens (tertiary/aromatic N) is 1. The number of aliphatic hydroxyl groups excluding tert-OH is 1. The second-order valence-electron chi connectivity index (χ2n) is 6.24. The number of hydrogen-bond acceptors (Lipinski definition) is 4. The molecule has 1 heterocycles. The van der Waals surface area contributed by atoms with Crippen molar-refractivity contribution in [3.8, 4) is 0 Å². The maximum absolute atomic E-state index is 12.9. The Morgan fingerprint density at radius 1 is 1.35 bits per heavy atom. The van der Waals surface area contributed by atoms with Gasteiger partial charge in [-0.2, -0.15) is 0 Å². The molecule has 0 saturated heterocycles. The predicted molar refractivity (Wildman–Crippen MR) is 89.1 cm³/mol. The number of thiazole rings is 1. The fourth-order valence-corrected chi connectivity index (χ4v) is 2.94. The lowest BCUT2D eigenvalue weighted by atomic mass is 9.90. The number of rotatable bonds is 7. The van der Waals surface area contributed by atoms with Crippen molar-refractivity contribution < 1.29 is 14.3 Å². The fourth-order valence-electron chi connectivity index (χ4n) is 2.07. The van der Waals surface area contributed by atoms with Crippen molar-refractivity contribution in [3.05, 3.63) is 51.7 Å². The standard InChI is InChI=1S/C17H21FN2O2S/c1-17(2,7-8-21)11-20-16(22)14-10-19-15(23-14)9-12-3-5-13(18)6-4-12/h3-6,10,21H,7-9,11H2,1-2H3,(H,20,22). The van der Waals surface area contributed by atoms with Crippen molar-refractivity contribution in [3.63, 3.8) is 0 Å². The van der Waals surface area contributed by atoms with Gasteiger partial charge in [0.1, 0.15) is 10.7 Å². The number of carbonyl (C=O) groups is 1. The van der Waals surface area contributed by atoms with Gasteiger partial charge in [0.05, 0.1) is 11.2 Å². The molecule has 0 aliphatic carbocycles. The summed E-state index contributed by atoms with van der Waals surface area (Å²) in [5.74, 6) is -0.419. The van der Waals surface area contributed by atoms with Gasteiger partial charge in [0.2, 0.25) is 0 Å². The maximum Gasteiger partial charge on any atom is 0.263 e. The minimum absolute atomic E-state index is 0.102. The molecule has 0 atom stereocenters. The molecule has 0 fully saturated rings. The van der Waals surface area contributed by atoms with Gasteiger partial charge in [-0.3, -0.25) is 4.79 Å². The number of benzene rings is 1. The van der Waals surface area contributed by atoms with Crippen LogP contribution >= 0.6 is 11.3 Å². The second kappa shape index (κ2) is 7.66. The van der Waals surface area contributed by atoms with Crippen LogP contribution in [0.25, 0.3) is 0 Å². The first-order valence-corrected chi connectivity index (χ1v) is 8.29. The van der Waals surface area contributed by atoms with Crippen LogP contribution in [0.15, 0.2) is 30.5 Å². The molecule has 0 unspecified atom stereocenters. The highest BCUT2D eigenvalue weighted by Gasteiger charge is 2.19. The first-order chi connectivity index (χ1) is 10.9. The molecule has 23 heavy (non-hydrogen) atoms. The Hall–Kier alpha value is -1.79. The predicted octanol–water partition coefficient (Wildman–Crippen LogP) is 3.01. The molecule has 2 aromatic rings. The van der Waals surface area contributed by atoms with E-state index < -0.39 is 0 Å². The number of nitrogens with one attached hydrogen (secondary N) is 1. The van der Waals surface area contributed by atoms with Crippen molar-refractivity contribution in [2.75, 3.05) is 13.2 Å². The fraction of sp³-hybridized carbons (Fsp3) is 0.412. The highest BCUT2D eigenvalue weighted by molar-refractivity contribution is 7.13. The van der Waals surface area contributed by atoms with Gasteiger partial charge in [-0.15, -0.1) is 11.3 Å². The van der Waals surface area contributed by atoms with E-state index in [1.54, 1.807) is 18.3 Å². The normalized spacial score (nSPS) is 11.5. The van der Waals surface area contributed by atoms with Crippen molar-refractivity contribution in [1.82, 2.24) is 10.3 Å². The van der Waals surface area contributed by atoms with E-state index in [0.717, 1.165) is 10.6 Å². The lowest BCUT2D eigenvalue weighted by Gasteiger charge is -2.23. The summed E-state index contributed by atoms with van der Waals surface area (Å²) in [7, 11) is 0. The Morgan fingerprint density at radius 3 is 2.70 bits per heavy atom. The SMILES string of the molecule is CC(C)(CCO)CNC(=O)c1cnc(Cc2ccc(F)cc2)s1. The van der Waals surface area contributed by atoms with Gasteiger partial charge in [0.15, 0.2) is 0 Å². The van der Waals surface area contributed by atoms with E-state index >= 15 is 0 Å². The topological polar surface area (TPSA) is 62.2 Å². The molecule has 1 amide bonds. The zero-order chi connectivity index (χ0) is 16.9. The Morgan fingerprint density at radius 2 is 2.04 bits per heavy atom. The van der Waals surface area contributed by atoms with E-state index in [-0.39, 0.29) is 23.7 Å². The van der Waals surface area contributed by atoms with Crippen LogP contribution in [0.3, 0.4) is 0 Å². The summed E-state index contributed by atoms with van der Waals surface area (Å²) < 4.78 is 12.9. The average Bonchev–Trinajstić information content (AvgIpc) is 2.96. The van der Waals surface area contributed by atoms with Crippen LogP contribution in [0.5, 0.6) is 0 Å². The molecule has 0 aliphatic rings. The minimum Gasteiger partial charge on any atom is -0.396 e. The van der Waals surface area contributed by atoms with Crippen molar-refractivity contribution in [2.45, 2.75) is 26.7 Å². The molecule has 1 aromatic carbocycles. The van der Waals surface area contributed by atoms with Gasteiger partial charge in [0, 0.05) is 19.6 Å². The molecule has 0 spiro atoms. The average molecular weight is 336 g/mol. The summed E-state index contributed by atoms with van der Waals surface area (Å²) in [6, 6.07) is 6.27. The molecule has 0 aliphatic heterocycles. The Bertz CT molecular complexity index is 653. The molecular formula is C17H21FN2O2S. The van der Waals surface area contributed by atoms with Crippen LogP contribution in [0.4, 0.5) is 4.39 Å². The quantitative estimate of drug-likeness (QED) is 0.817. The Balaban J connectivity index is 1.93. The van der Waals surface area contributed by atoms with Gasteiger partial charge in [0.25, 0.3) is 5.91 Å². The van der Waals surface area contributed by atoms with E-state index in [9.17, 15) is 9.18 Å². The van der Waals surface area contributed by atoms with E-state index in [0.29, 0.717) is 24.3 Å². The molecular weight excluding hydrogens is 315 g/mol. The molecule has 0 saturated carbocycles. The smallest absolute Gasteiger partial charge is 0.263 e. The van der Waals surface area contributed by atoms with Crippen LogP contribution < -0.4 is 5.32 Å². The number of carbonyl (C=O) groups excluding carboxylic acids is 1. The number of halogens is 1. The third-order valence-electron chi connectivity index (χ3n) is 3.56. The van der Waals surface area contributed by atoms with Crippen LogP contribution in [0.2, 0.25) is 0 Å². The summed E-state index contributed by atoms with van der Waals surface area (Å²) in [4.78, 5) is 17.0. The van der Waals surface area contributed by atoms with E-state index in [1.165, 1.54) is 23.5 Å². The largest absolute Gasteiger partial charge is 0.396 e. The van der Waals surface area contributed by atoms with Crippen molar-refractivity contribution in [1.29, 1.82) is 0 Å². The zero-order valence-corrected chi connectivity index (χ0v) is 14.1. The van der Waals surface area contributed by atoms with E-state index in [2.05, 4.69) is 10.3 Å². The van der Waals surface area contributed by atoms with Crippen molar-refractivity contribution in [2.24, 2.45) is 5.41 Å². The van der Waals surface area contributed by atoms with Gasteiger partial charge in [-0.25, -0.2) is 9.37 Å². The third-order valence-corrected chi connectivity index (χ3v) is 4.56. The summed E-state index contributed by atoms with van der Waals surface area (Å²) in [6.07, 6.45) is 2.78. The van der Waals surface area contributed by atoms with Gasteiger partial charge in [-0.1, -0.05) is 26.0 Å². The maximum atomic E-state index is 12.9. The lowest BCUT2D eigenvalue weighted by molar-refractivity contribution is 0.0932. The molecule has 1 aromatic heterocycles. The molecule has 0 bridgehead atoms. The zero-order valence-electron chi connectivity index (χ0n) is 13.3. The molecule has 0 radical (unpaired) electrons. The molecule has 6 heteroatoms. The summed E-state index contributed by atoms with van der Waals surface area (Å²) in [5, 5.41) is 12.7. The van der Waals surface area contributed by atoms with E-state index in [1.807, 2.05) is 13.8 Å². The minimum atomic E-state index is -0.265. The summed E-state index contributed by atoms with van der Waals surface area (Å²) in [6.45, 7) is 4.59. The van der Waals surface area contributed by atoms with Crippen molar-refractivity contribution >= 4 is 17.2 Å². The molecule has 4 nitrogen and oxygen atoms in total. The van der Waals surface area contributed by atoms with Gasteiger partial charge in [-0.05, 0) is 29.5 Å². The van der Waals surface area contributed by atoms with Crippen LogP contribution in [-0.2, 0) is 6.42 Å². The first kappa shape index (κ1) is 17.6. The number of aliphatic hydroxyl groups is 1. The van der Waals surface area contributed by atoms with E-state index in [4.69, 9.17) is 5.11 Å². The molecule has 124 valence electrons. The number of amides is 1. The Labute approximate surface area is 139 Å². The highest BCUT2D eigenvalue weighted by atomic mass is 32.1. The lowest BCUT2D eigenvalue weighted by Crippen LogP contribution is -2.34. The monoisotopic (exact) mass is 336 g/mol. The van der Waals surface area contributed by atoms with Gasteiger partial charge >= 0.3 is 0 Å². The Kier molecular flexibility index (Phi) is 5.85.